The number of halogens is 3. The summed E-state index contributed by atoms with van der Waals surface area (Å²) in [5, 5.41) is 0. The van der Waals surface area contributed by atoms with Crippen LogP contribution in [0, 0.1) is 0 Å². The number of hydrogen-bond donors (Lipinski definition) is 0. The average Bonchev–Trinajstić information content (AvgIpc) is 3.03. The molecule has 1 fully saturated rings. The summed E-state index contributed by atoms with van der Waals surface area (Å²) in [6.45, 7) is 1.50. The third-order valence-electron chi connectivity index (χ3n) is 5.23. The van der Waals surface area contributed by atoms with Gasteiger partial charge in [0, 0.05) is 16.7 Å². The van der Waals surface area contributed by atoms with Gasteiger partial charge in [0.1, 0.15) is 6.04 Å². The molecule has 2 aromatic carbocycles. The Morgan fingerprint density at radius 2 is 1.74 bits per heavy atom. The molecule has 0 bridgehead atoms. The first-order valence-corrected chi connectivity index (χ1v) is 11.2. The maximum atomic E-state index is 13.1. The fraction of sp³-hybridized carbons (Fsp3) is 0.167. The summed E-state index contributed by atoms with van der Waals surface area (Å²) in [7, 11) is 0. The molecule has 0 radical (unpaired) electrons. The number of aromatic nitrogens is 1. The normalized spacial score (nSPS) is 16.1. The first kappa shape index (κ1) is 24.3. The third kappa shape index (κ3) is 5.46. The second-order valence-electron chi connectivity index (χ2n) is 7.54. The molecule has 0 spiro atoms. The highest BCUT2D eigenvalue weighted by Crippen LogP contribution is 2.38. The van der Waals surface area contributed by atoms with Crippen LogP contribution in [0.4, 0.5) is 23.7 Å². The SMILES string of the molecule is CC1C(=O)N(c2ccc(SC(F)(F)F)cc2)C(=O)N1Cc1ccncc1OC(=O)c1ccccc1. The average molecular weight is 501 g/mol. The van der Waals surface area contributed by atoms with Crippen LogP contribution in [0.1, 0.15) is 22.8 Å². The molecule has 1 unspecified atom stereocenters. The fourth-order valence-electron chi connectivity index (χ4n) is 3.50. The Morgan fingerprint density at radius 3 is 2.40 bits per heavy atom. The zero-order valence-corrected chi connectivity index (χ0v) is 19.0. The van der Waals surface area contributed by atoms with E-state index in [9.17, 15) is 27.6 Å². The van der Waals surface area contributed by atoms with Gasteiger partial charge in [-0.3, -0.25) is 9.78 Å². The molecule has 1 saturated heterocycles. The number of pyridine rings is 1. The summed E-state index contributed by atoms with van der Waals surface area (Å²) < 4.78 is 43.2. The molecule has 1 aliphatic rings. The lowest BCUT2D eigenvalue weighted by Gasteiger charge is -2.20. The lowest BCUT2D eigenvalue weighted by molar-refractivity contribution is -0.119. The van der Waals surface area contributed by atoms with Crippen molar-refractivity contribution in [2.75, 3.05) is 4.90 Å². The number of thioether (sulfide) groups is 1. The zero-order valence-electron chi connectivity index (χ0n) is 18.2. The lowest BCUT2D eigenvalue weighted by Crippen LogP contribution is -2.33. The second-order valence-corrected chi connectivity index (χ2v) is 8.68. The van der Waals surface area contributed by atoms with Crippen molar-refractivity contribution in [1.82, 2.24) is 9.88 Å². The van der Waals surface area contributed by atoms with E-state index in [1.807, 2.05) is 0 Å². The number of ether oxygens (including phenoxy) is 1. The smallest absolute Gasteiger partial charge is 0.421 e. The second kappa shape index (κ2) is 9.79. The molecule has 3 amide bonds. The Bertz CT molecular complexity index is 1250. The van der Waals surface area contributed by atoms with Gasteiger partial charge in [0.05, 0.1) is 24.0 Å². The maximum Gasteiger partial charge on any atom is 0.446 e. The van der Waals surface area contributed by atoms with Crippen molar-refractivity contribution < 1.29 is 32.3 Å². The third-order valence-corrected chi connectivity index (χ3v) is 5.97. The molecule has 11 heteroatoms. The van der Waals surface area contributed by atoms with Crippen LogP contribution < -0.4 is 9.64 Å². The molecular formula is C24H18F3N3O4S. The van der Waals surface area contributed by atoms with Gasteiger partial charge in [-0.25, -0.2) is 14.5 Å². The largest absolute Gasteiger partial charge is 0.446 e. The van der Waals surface area contributed by atoms with Gasteiger partial charge in [0.25, 0.3) is 5.91 Å². The van der Waals surface area contributed by atoms with Crippen LogP contribution in [0.15, 0.2) is 78.0 Å². The van der Waals surface area contributed by atoms with E-state index in [2.05, 4.69) is 4.98 Å². The highest BCUT2D eigenvalue weighted by Gasteiger charge is 2.43. The molecule has 4 rings (SSSR count). The van der Waals surface area contributed by atoms with E-state index >= 15 is 0 Å². The summed E-state index contributed by atoms with van der Waals surface area (Å²) in [5.74, 6) is -0.987. The number of amides is 3. The standard InChI is InChI=1S/C24H18F3N3O4S/c1-15-21(31)30(18-7-9-19(10-8-18)35-24(25,26)27)23(33)29(15)14-17-11-12-28-13-20(17)34-22(32)16-5-3-2-4-6-16/h2-13,15H,14H2,1H3. The van der Waals surface area contributed by atoms with Gasteiger partial charge in [0.15, 0.2) is 5.75 Å². The van der Waals surface area contributed by atoms with Crippen LogP contribution in [0.5, 0.6) is 5.75 Å². The van der Waals surface area contributed by atoms with Crippen LogP contribution in [-0.4, -0.2) is 39.3 Å². The molecular weight excluding hydrogens is 483 g/mol. The van der Waals surface area contributed by atoms with Gasteiger partial charge < -0.3 is 9.64 Å². The summed E-state index contributed by atoms with van der Waals surface area (Å²) >= 11 is -0.285. The van der Waals surface area contributed by atoms with E-state index in [1.165, 1.54) is 41.6 Å². The van der Waals surface area contributed by atoms with Crippen molar-refractivity contribution in [3.05, 3.63) is 84.2 Å². The number of benzene rings is 2. The Kier molecular flexibility index (Phi) is 6.79. The van der Waals surface area contributed by atoms with Crippen molar-refractivity contribution in [1.29, 1.82) is 0 Å². The summed E-state index contributed by atoms with van der Waals surface area (Å²) in [5.41, 5.74) is -3.50. The lowest BCUT2D eigenvalue weighted by atomic mass is 10.2. The van der Waals surface area contributed by atoms with Gasteiger partial charge >= 0.3 is 17.5 Å². The minimum atomic E-state index is -4.45. The highest BCUT2D eigenvalue weighted by atomic mass is 32.2. The highest BCUT2D eigenvalue weighted by molar-refractivity contribution is 8.00. The first-order valence-electron chi connectivity index (χ1n) is 10.3. The Hall–Kier alpha value is -3.86. The predicted octanol–water partition coefficient (Wildman–Crippen LogP) is 5.27. The van der Waals surface area contributed by atoms with Crippen molar-refractivity contribution in [2.45, 2.75) is 29.9 Å². The first-order chi connectivity index (χ1) is 16.6. The Morgan fingerprint density at radius 1 is 1.06 bits per heavy atom. The molecule has 35 heavy (non-hydrogen) atoms. The Balaban J connectivity index is 1.53. The zero-order chi connectivity index (χ0) is 25.2. The number of hydrogen-bond acceptors (Lipinski definition) is 6. The van der Waals surface area contributed by atoms with E-state index in [4.69, 9.17) is 4.74 Å². The van der Waals surface area contributed by atoms with Crippen molar-refractivity contribution >= 4 is 35.4 Å². The minimum absolute atomic E-state index is 0.0514. The molecule has 1 atom stereocenters. The summed E-state index contributed by atoms with van der Waals surface area (Å²) in [6, 6.07) is 13.4. The van der Waals surface area contributed by atoms with Crippen LogP contribution >= 0.6 is 11.8 Å². The molecule has 3 aromatic rings. The van der Waals surface area contributed by atoms with E-state index in [0.717, 1.165) is 4.90 Å². The van der Waals surface area contributed by atoms with Crippen LogP contribution in [-0.2, 0) is 11.3 Å². The molecule has 0 N–H and O–H groups in total. The van der Waals surface area contributed by atoms with E-state index < -0.39 is 29.5 Å². The van der Waals surface area contributed by atoms with Gasteiger partial charge in [0.2, 0.25) is 0 Å². The van der Waals surface area contributed by atoms with E-state index in [1.54, 1.807) is 43.3 Å². The van der Waals surface area contributed by atoms with Crippen LogP contribution in [0.3, 0.4) is 0 Å². The number of rotatable bonds is 6. The van der Waals surface area contributed by atoms with E-state index in [0.29, 0.717) is 11.1 Å². The van der Waals surface area contributed by atoms with Gasteiger partial charge in [-0.2, -0.15) is 13.2 Å². The molecule has 2 heterocycles. The number of alkyl halides is 3. The quantitative estimate of drug-likeness (QED) is 0.260. The summed E-state index contributed by atoms with van der Waals surface area (Å²) in [4.78, 5) is 44.6. The molecule has 1 aromatic heterocycles. The van der Waals surface area contributed by atoms with Crippen LogP contribution in [0.2, 0.25) is 0 Å². The number of carbonyl (C=O) groups excluding carboxylic acids is 3. The van der Waals surface area contributed by atoms with Gasteiger partial charge in [-0.1, -0.05) is 18.2 Å². The molecule has 0 aliphatic carbocycles. The molecule has 1 aliphatic heterocycles. The summed E-state index contributed by atoms with van der Waals surface area (Å²) in [6.07, 6.45) is 2.81. The number of urea groups is 1. The number of imide groups is 1. The minimum Gasteiger partial charge on any atom is -0.421 e. The topological polar surface area (TPSA) is 79.8 Å². The predicted molar refractivity (Wildman–Crippen MR) is 122 cm³/mol. The monoisotopic (exact) mass is 501 g/mol. The van der Waals surface area contributed by atoms with Gasteiger partial charge in [-0.15, -0.1) is 0 Å². The fourth-order valence-corrected chi connectivity index (χ4v) is 4.03. The van der Waals surface area contributed by atoms with Crippen molar-refractivity contribution in [3.8, 4) is 5.75 Å². The number of esters is 1. The van der Waals surface area contributed by atoms with E-state index in [-0.39, 0.29) is 34.6 Å². The van der Waals surface area contributed by atoms with Crippen molar-refractivity contribution in [3.63, 3.8) is 0 Å². The maximum absolute atomic E-state index is 13.1. The van der Waals surface area contributed by atoms with Crippen LogP contribution in [0.25, 0.3) is 0 Å². The number of anilines is 1. The Labute approximate surface area is 202 Å². The van der Waals surface area contributed by atoms with Crippen molar-refractivity contribution in [2.24, 2.45) is 0 Å². The van der Waals surface area contributed by atoms with Gasteiger partial charge in [-0.05, 0) is 61.2 Å². The molecule has 180 valence electrons. The number of carbonyl (C=O) groups is 3. The molecule has 0 saturated carbocycles. The molecule has 7 nitrogen and oxygen atoms in total. The number of nitrogens with zero attached hydrogens (tertiary/aromatic N) is 3.